The van der Waals surface area contributed by atoms with Gasteiger partial charge in [0.1, 0.15) is 5.71 Å². The third kappa shape index (κ3) is 4.51. The molecule has 0 aliphatic rings. The lowest BCUT2D eigenvalue weighted by Crippen LogP contribution is -2.17. The van der Waals surface area contributed by atoms with Crippen molar-refractivity contribution >= 4 is 28.4 Å². The Morgan fingerprint density at radius 3 is 2.47 bits per heavy atom. The van der Waals surface area contributed by atoms with Crippen LogP contribution in [-0.4, -0.2) is 36.8 Å². The van der Waals surface area contributed by atoms with E-state index in [4.69, 9.17) is 0 Å². The van der Waals surface area contributed by atoms with E-state index in [-0.39, 0.29) is 10.6 Å². The molecule has 0 fully saturated rings. The van der Waals surface area contributed by atoms with Gasteiger partial charge in [0, 0.05) is 25.0 Å². The maximum Gasteiger partial charge on any atom is 0.417 e. The number of carbonyl (C=O) groups excluding carboxylic acids is 1. The molecule has 0 saturated heterocycles. The van der Waals surface area contributed by atoms with Gasteiger partial charge in [-0.15, -0.1) is 11.3 Å². The molecule has 1 aromatic heterocycles. The third-order valence-electron chi connectivity index (χ3n) is 2.07. The first kappa shape index (κ1) is 15.4. The molecule has 0 radical (unpaired) electrons. The van der Waals surface area contributed by atoms with E-state index in [1.54, 1.807) is 14.1 Å². The number of hydrogen-bond donors (Lipinski definition) is 0. The fourth-order valence-corrected chi connectivity index (χ4v) is 2.07. The molecule has 0 aliphatic heterocycles. The second kappa shape index (κ2) is 6.01. The molecule has 1 heterocycles. The molecular formula is C12H13F3N2OS. The van der Waals surface area contributed by atoms with Crippen molar-refractivity contribution in [2.45, 2.75) is 13.1 Å². The van der Waals surface area contributed by atoms with Crippen molar-refractivity contribution in [3.05, 3.63) is 28.5 Å². The van der Waals surface area contributed by atoms with Gasteiger partial charge in [-0.05, 0) is 18.4 Å². The third-order valence-corrected chi connectivity index (χ3v) is 2.98. The first-order valence-corrected chi connectivity index (χ1v) is 6.19. The number of halogens is 3. The summed E-state index contributed by atoms with van der Waals surface area (Å²) in [7, 11) is 3.18. The van der Waals surface area contributed by atoms with Crippen molar-refractivity contribution in [2.24, 2.45) is 5.10 Å². The molecule has 0 spiro atoms. The molecule has 104 valence electrons. The first-order valence-electron chi connectivity index (χ1n) is 5.31. The Hall–Kier alpha value is -1.63. The van der Waals surface area contributed by atoms with Gasteiger partial charge >= 0.3 is 6.18 Å². The van der Waals surface area contributed by atoms with Gasteiger partial charge in [-0.1, -0.05) is 6.07 Å². The fourth-order valence-electron chi connectivity index (χ4n) is 1.31. The van der Waals surface area contributed by atoms with Crippen molar-refractivity contribution < 1.29 is 18.0 Å². The van der Waals surface area contributed by atoms with Crippen molar-refractivity contribution in [3.8, 4) is 0 Å². The summed E-state index contributed by atoms with van der Waals surface area (Å²) in [4.78, 5) is 11.7. The van der Waals surface area contributed by atoms with Crippen LogP contribution in [0.5, 0.6) is 0 Å². The van der Waals surface area contributed by atoms with E-state index in [1.807, 2.05) is 0 Å². The fraction of sp³-hybridized carbons (Fsp3) is 0.333. The van der Waals surface area contributed by atoms with Gasteiger partial charge in [0.2, 0.25) is 5.78 Å². The maximum absolute atomic E-state index is 12.9. The summed E-state index contributed by atoms with van der Waals surface area (Å²) in [5.74, 6) is -0.755. The molecule has 0 aliphatic carbocycles. The second-order valence-corrected chi connectivity index (χ2v) is 4.88. The molecule has 0 bridgehead atoms. The Morgan fingerprint density at radius 2 is 2.05 bits per heavy atom. The van der Waals surface area contributed by atoms with Crippen LogP contribution in [0.15, 0.2) is 28.7 Å². The minimum absolute atomic E-state index is 0.00306. The van der Waals surface area contributed by atoms with Crippen LogP contribution in [-0.2, 0) is 4.79 Å². The monoisotopic (exact) mass is 290 g/mol. The maximum atomic E-state index is 12.9. The number of rotatable bonds is 4. The summed E-state index contributed by atoms with van der Waals surface area (Å²) in [6, 6.07) is 2.83. The zero-order valence-electron chi connectivity index (χ0n) is 10.7. The number of carbonyl (C=O) groups is 1. The summed E-state index contributed by atoms with van der Waals surface area (Å²) in [6.45, 7) is 1.38. The topological polar surface area (TPSA) is 32.7 Å². The highest BCUT2D eigenvalue weighted by Crippen LogP contribution is 2.35. The molecule has 0 unspecified atom stereocenters. The summed E-state index contributed by atoms with van der Waals surface area (Å²) in [6.07, 6.45) is -3.98. The molecule has 0 N–H and O–H groups in total. The lowest BCUT2D eigenvalue weighted by atomic mass is 10.1. The molecule has 0 saturated carbocycles. The zero-order valence-corrected chi connectivity index (χ0v) is 11.5. The van der Waals surface area contributed by atoms with Crippen molar-refractivity contribution in [1.29, 1.82) is 0 Å². The predicted molar refractivity (Wildman–Crippen MR) is 70.2 cm³/mol. The average Bonchev–Trinajstić information content (AvgIpc) is 2.75. The molecule has 19 heavy (non-hydrogen) atoms. The molecule has 0 amide bonds. The van der Waals surface area contributed by atoms with Crippen molar-refractivity contribution in [2.75, 3.05) is 14.1 Å². The Morgan fingerprint density at radius 1 is 1.42 bits per heavy atom. The number of allylic oxidation sites excluding steroid dienone is 2. The molecular weight excluding hydrogens is 277 g/mol. The lowest BCUT2D eigenvalue weighted by Gasteiger charge is -2.10. The highest BCUT2D eigenvalue weighted by Gasteiger charge is 2.36. The van der Waals surface area contributed by atoms with E-state index in [0.29, 0.717) is 6.08 Å². The number of hydrazone groups is 1. The largest absolute Gasteiger partial charge is 0.417 e. The SMILES string of the molecule is C/C(=N\N(C)C)C(=O)/C=C(/c1cccs1)C(F)(F)F. The Balaban J connectivity index is 3.13. The normalized spacial score (nSPS) is 13.6. The van der Waals surface area contributed by atoms with Crippen LogP contribution in [0.1, 0.15) is 11.8 Å². The average molecular weight is 290 g/mol. The summed E-state index contributed by atoms with van der Waals surface area (Å²) in [5, 5.41) is 6.67. The molecule has 1 rings (SSSR count). The van der Waals surface area contributed by atoms with Crippen LogP contribution >= 0.6 is 11.3 Å². The predicted octanol–water partition coefficient (Wildman–Crippen LogP) is 3.20. The number of alkyl halides is 3. The van der Waals surface area contributed by atoms with Crippen LogP contribution in [0.4, 0.5) is 13.2 Å². The molecule has 3 nitrogen and oxygen atoms in total. The molecule has 1 aromatic rings. The zero-order chi connectivity index (χ0) is 14.6. The number of thiophene rings is 1. The van der Waals surface area contributed by atoms with Crippen LogP contribution in [0, 0.1) is 0 Å². The lowest BCUT2D eigenvalue weighted by molar-refractivity contribution is -0.109. The van der Waals surface area contributed by atoms with Gasteiger partial charge in [0.05, 0.1) is 5.57 Å². The number of nitrogens with zero attached hydrogens (tertiary/aromatic N) is 2. The first-order chi connectivity index (χ1) is 8.71. The van der Waals surface area contributed by atoms with Gasteiger partial charge in [0.25, 0.3) is 0 Å². The standard InChI is InChI=1S/C12H13F3N2OS/c1-8(16-17(2)3)10(18)7-9(12(13,14)15)11-5-4-6-19-11/h4-7H,1-3H3/b9-7-,16-8+. The van der Waals surface area contributed by atoms with Gasteiger partial charge in [0.15, 0.2) is 0 Å². The van der Waals surface area contributed by atoms with E-state index in [9.17, 15) is 18.0 Å². The Labute approximate surface area is 113 Å². The van der Waals surface area contributed by atoms with Gasteiger partial charge < -0.3 is 5.01 Å². The van der Waals surface area contributed by atoms with Gasteiger partial charge in [-0.2, -0.15) is 18.3 Å². The Kier molecular flexibility index (Phi) is 4.88. The molecule has 7 heteroatoms. The number of hydrogen-bond acceptors (Lipinski definition) is 4. The smallest absolute Gasteiger partial charge is 0.303 e. The van der Waals surface area contributed by atoms with Crippen LogP contribution < -0.4 is 0 Å². The van der Waals surface area contributed by atoms with Crippen molar-refractivity contribution in [1.82, 2.24) is 5.01 Å². The van der Waals surface area contributed by atoms with Crippen LogP contribution in [0.2, 0.25) is 0 Å². The Bertz CT molecular complexity index is 502. The van der Waals surface area contributed by atoms with Gasteiger partial charge in [-0.3, -0.25) is 4.79 Å². The quantitative estimate of drug-likeness (QED) is 0.484. The highest BCUT2D eigenvalue weighted by molar-refractivity contribution is 7.11. The second-order valence-electron chi connectivity index (χ2n) is 3.93. The van der Waals surface area contributed by atoms with E-state index in [0.717, 1.165) is 11.3 Å². The van der Waals surface area contributed by atoms with Gasteiger partial charge in [-0.25, -0.2) is 0 Å². The summed E-state index contributed by atoms with van der Waals surface area (Å²) < 4.78 is 38.7. The summed E-state index contributed by atoms with van der Waals surface area (Å²) >= 11 is 0.935. The molecule has 0 aromatic carbocycles. The van der Waals surface area contributed by atoms with Crippen molar-refractivity contribution in [3.63, 3.8) is 0 Å². The number of ketones is 1. The van der Waals surface area contributed by atoms with E-state index in [1.165, 1.54) is 29.4 Å². The summed E-state index contributed by atoms with van der Waals surface area (Å²) in [5.41, 5.74) is -0.941. The van der Waals surface area contributed by atoms with E-state index < -0.39 is 17.5 Å². The van der Waals surface area contributed by atoms with E-state index in [2.05, 4.69) is 5.10 Å². The van der Waals surface area contributed by atoms with Crippen LogP contribution in [0.25, 0.3) is 5.57 Å². The van der Waals surface area contributed by atoms with Crippen LogP contribution in [0.3, 0.4) is 0 Å². The van der Waals surface area contributed by atoms with E-state index >= 15 is 0 Å². The minimum atomic E-state index is -4.57. The minimum Gasteiger partial charge on any atom is -0.303 e. The molecule has 0 atom stereocenters. The highest BCUT2D eigenvalue weighted by atomic mass is 32.1.